The van der Waals surface area contributed by atoms with E-state index in [1.165, 1.54) is 0 Å². The Labute approximate surface area is 232 Å². The maximum atomic E-state index is 12.5. The number of aliphatic carboxylic acids is 1. The molecule has 0 spiro atoms. The third kappa shape index (κ3) is 9.10. The summed E-state index contributed by atoms with van der Waals surface area (Å²) in [5, 5.41) is 24.9. The standard InChI is InChI=1S/C25H30ClF3N2O2.C2HF3O2/c1-2-17-7-3-8-18(15-17)22-20(10-4-11-21(22)26)24(33,19-9-5-13-30-16-19)12-6-14-31-23(32)25(27,28)29;3-2(4,5)1(6)7/h3-4,7-8,10-11,15,19,30,33H,2,5-6,9,12-14,16H2,1H3,(H,31,32);(H,6,7)/t19-,24+;/m1./s1. The lowest BCUT2D eigenvalue weighted by Gasteiger charge is -2.40. The maximum Gasteiger partial charge on any atom is 0.490 e. The van der Waals surface area contributed by atoms with Crippen LogP contribution in [0.1, 0.15) is 43.7 Å². The van der Waals surface area contributed by atoms with Gasteiger partial charge in [-0.15, -0.1) is 0 Å². The minimum Gasteiger partial charge on any atom is -0.475 e. The zero-order chi connectivity index (χ0) is 30.1. The first-order valence-electron chi connectivity index (χ1n) is 12.6. The molecule has 1 amide bonds. The molecule has 0 unspecified atom stereocenters. The molecule has 0 aromatic heterocycles. The fraction of sp³-hybridized carbons (Fsp3) is 0.481. The molecule has 1 aliphatic heterocycles. The molecule has 0 aliphatic carbocycles. The molecule has 0 bridgehead atoms. The van der Waals surface area contributed by atoms with Gasteiger partial charge in [-0.05, 0) is 61.4 Å². The smallest absolute Gasteiger partial charge is 0.475 e. The number of piperidine rings is 1. The number of carbonyl (C=O) groups is 2. The second kappa shape index (κ2) is 14.2. The summed E-state index contributed by atoms with van der Waals surface area (Å²) >= 11 is 6.65. The summed E-state index contributed by atoms with van der Waals surface area (Å²) in [5.41, 5.74) is 2.11. The number of alkyl halides is 6. The van der Waals surface area contributed by atoms with Crippen molar-refractivity contribution in [3.8, 4) is 11.1 Å². The molecule has 222 valence electrons. The Bertz CT molecular complexity index is 1150. The van der Waals surface area contributed by atoms with Gasteiger partial charge in [0.05, 0.1) is 5.60 Å². The molecule has 1 fully saturated rings. The zero-order valence-corrected chi connectivity index (χ0v) is 22.4. The van der Waals surface area contributed by atoms with Crippen LogP contribution in [0.5, 0.6) is 0 Å². The Balaban J connectivity index is 0.000000708. The molecule has 0 saturated carbocycles. The number of aryl methyl sites for hydroxylation is 1. The van der Waals surface area contributed by atoms with Gasteiger partial charge < -0.3 is 20.8 Å². The molecular weight excluding hydrogens is 566 g/mol. The van der Waals surface area contributed by atoms with Crippen LogP contribution in [-0.4, -0.2) is 54.1 Å². The monoisotopic (exact) mass is 596 g/mol. The van der Waals surface area contributed by atoms with Gasteiger partial charge in [0.1, 0.15) is 0 Å². The number of carbonyl (C=O) groups excluding carboxylic acids is 1. The van der Waals surface area contributed by atoms with Gasteiger partial charge in [-0.25, -0.2) is 4.79 Å². The zero-order valence-electron chi connectivity index (χ0n) is 21.6. The summed E-state index contributed by atoms with van der Waals surface area (Å²) in [6.07, 6.45) is -7.11. The minimum atomic E-state index is -5.08. The summed E-state index contributed by atoms with van der Waals surface area (Å²) < 4.78 is 69.3. The van der Waals surface area contributed by atoms with Gasteiger partial charge in [0.15, 0.2) is 0 Å². The van der Waals surface area contributed by atoms with Crippen molar-refractivity contribution in [2.75, 3.05) is 19.6 Å². The van der Waals surface area contributed by atoms with Crippen LogP contribution in [0.3, 0.4) is 0 Å². The first-order valence-corrected chi connectivity index (χ1v) is 13.0. The number of rotatable bonds is 8. The molecule has 13 heteroatoms. The third-order valence-corrected chi connectivity index (χ3v) is 6.91. The Morgan fingerprint density at radius 1 is 1.07 bits per heavy atom. The molecule has 1 heterocycles. The summed E-state index contributed by atoms with van der Waals surface area (Å²) in [6.45, 7) is 3.33. The van der Waals surface area contributed by atoms with Crippen molar-refractivity contribution < 1.29 is 46.1 Å². The predicted molar refractivity (Wildman–Crippen MR) is 138 cm³/mol. The lowest BCUT2D eigenvalue weighted by atomic mass is 9.72. The van der Waals surface area contributed by atoms with Crippen LogP contribution in [0, 0.1) is 5.92 Å². The van der Waals surface area contributed by atoms with Crippen LogP contribution in [0.4, 0.5) is 26.3 Å². The maximum absolute atomic E-state index is 12.5. The topological polar surface area (TPSA) is 98.7 Å². The van der Waals surface area contributed by atoms with E-state index in [4.69, 9.17) is 21.5 Å². The third-order valence-electron chi connectivity index (χ3n) is 6.60. The van der Waals surface area contributed by atoms with E-state index in [0.717, 1.165) is 42.5 Å². The molecule has 2 aromatic carbocycles. The number of aliphatic hydroxyl groups is 1. The Kier molecular flexibility index (Phi) is 11.8. The highest BCUT2D eigenvalue weighted by Gasteiger charge is 2.42. The second-order valence-electron chi connectivity index (χ2n) is 9.34. The number of hydrogen-bond donors (Lipinski definition) is 4. The fourth-order valence-corrected chi connectivity index (χ4v) is 4.89. The quantitative estimate of drug-likeness (QED) is 0.226. The van der Waals surface area contributed by atoms with E-state index < -0.39 is 29.8 Å². The van der Waals surface area contributed by atoms with E-state index in [0.29, 0.717) is 17.1 Å². The Morgan fingerprint density at radius 2 is 1.73 bits per heavy atom. The fourth-order valence-electron chi connectivity index (χ4n) is 4.60. The van der Waals surface area contributed by atoms with Crippen molar-refractivity contribution in [3.63, 3.8) is 0 Å². The van der Waals surface area contributed by atoms with Gasteiger partial charge in [0.25, 0.3) is 0 Å². The molecule has 40 heavy (non-hydrogen) atoms. The van der Waals surface area contributed by atoms with Gasteiger partial charge >= 0.3 is 24.2 Å². The number of halogens is 7. The molecule has 6 nitrogen and oxygen atoms in total. The minimum absolute atomic E-state index is 0.142. The van der Waals surface area contributed by atoms with E-state index >= 15 is 0 Å². The molecular formula is C27H31ClF6N2O4. The van der Waals surface area contributed by atoms with Gasteiger partial charge in [0, 0.05) is 29.6 Å². The van der Waals surface area contributed by atoms with Crippen LogP contribution in [0.25, 0.3) is 11.1 Å². The number of nitrogens with one attached hydrogen (secondary N) is 2. The van der Waals surface area contributed by atoms with E-state index in [2.05, 4.69) is 12.2 Å². The van der Waals surface area contributed by atoms with Crippen molar-refractivity contribution in [1.29, 1.82) is 0 Å². The first-order chi connectivity index (χ1) is 18.6. The SMILES string of the molecule is CCc1cccc(-c2c(Cl)cccc2[C@](O)(CCCNC(=O)C(F)(F)F)[C@@H]2CCCNC2)c1.O=C(O)C(F)(F)F. The molecule has 0 radical (unpaired) electrons. The van der Waals surface area contributed by atoms with Crippen molar-refractivity contribution in [2.45, 2.75) is 57.0 Å². The van der Waals surface area contributed by atoms with E-state index in [1.54, 1.807) is 12.1 Å². The average Bonchev–Trinajstić information content (AvgIpc) is 2.90. The van der Waals surface area contributed by atoms with Crippen molar-refractivity contribution in [1.82, 2.24) is 10.6 Å². The van der Waals surface area contributed by atoms with Crippen molar-refractivity contribution in [3.05, 3.63) is 58.6 Å². The van der Waals surface area contributed by atoms with Crippen molar-refractivity contribution in [2.24, 2.45) is 5.92 Å². The Hall–Kier alpha value is -2.83. The largest absolute Gasteiger partial charge is 0.490 e. The van der Waals surface area contributed by atoms with Crippen LogP contribution in [0.2, 0.25) is 5.02 Å². The molecule has 2 aromatic rings. The predicted octanol–water partition coefficient (Wildman–Crippen LogP) is 5.85. The van der Waals surface area contributed by atoms with Crippen LogP contribution in [0.15, 0.2) is 42.5 Å². The molecule has 2 atom stereocenters. The molecule has 4 N–H and O–H groups in total. The van der Waals surface area contributed by atoms with Crippen LogP contribution in [-0.2, 0) is 21.6 Å². The van der Waals surface area contributed by atoms with Gasteiger partial charge in [-0.2, -0.15) is 26.3 Å². The number of carboxylic acid groups (broad SMARTS) is 1. The lowest BCUT2D eigenvalue weighted by Crippen LogP contribution is -2.45. The highest BCUT2D eigenvalue weighted by Crippen LogP contribution is 2.45. The average molecular weight is 597 g/mol. The Morgan fingerprint density at radius 3 is 2.27 bits per heavy atom. The van der Waals surface area contributed by atoms with Gasteiger partial charge in [0.2, 0.25) is 0 Å². The molecule has 1 aliphatic rings. The molecule has 3 rings (SSSR count). The summed E-state index contributed by atoms with van der Waals surface area (Å²) in [4.78, 5) is 20.1. The van der Waals surface area contributed by atoms with Crippen LogP contribution >= 0.6 is 11.6 Å². The van der Waals surface area contributed by atoms with Crippen LogP contribution < -0.4 is 10.6 Å². The summed E-state index contributed by atoms with van der Waals surface area (Å²) in [7, 11) is 0. The number of benzene rings is 2. The number of carboxylic acids is 1. The number of hydrogen-bond acceptors (Lipinski definition) is 4. The van der Waals surface area contributed by atoms with E-state index in [1.807, 2.05) is 35.6 Å². The van der Waals surface area contributed by atoms with Gasteiger partial charge in [-0.3, -0.25) is 4.79 Å². The summed E-state index contributed by atoms with van der Waals surface area (Å²) in [6, 6.07) is 13.4. The highest BCUT2D eigenvalue weighted by molar-refractivity contribution is 6.33. The highest BCUT2D eigenvalue weighted by atomic mass is 35.5. The summed E-state index contributed by atoms with van der Waals surface area (Å²) in [5.74, 6) is -4.87. The van der Waals surface area contributed by atoms with Crippen molar-refractivity contribution >= 4 is 23.5 Å². The first kappa shape index (κ1) is 33.4. The number of amides is 1. The van der Waals surface area contributed by atoms with Gasteiger partial charge in [-0.1, -0.05) is 54.9 Å². The lowest BCUT2D eigenvalue weighted by molar-refractivity contribution is -0.192. The van der Waals surface area contributed by atoms with E-state index in [-0.39, 0.29) is 25.3 Å². The molecule has 1 saturated heterocycles. The second-order valence-corrected chi connectivity index (χ2v) is 9.75. The normalized spacial score (nSPS) is 17.3. The van der Waals surface area contributed by atoms with E-state index in [9.17, 15) is 36.2 Å².